The Morgan fingerprint density at radius 2 is 1.89 bits per heavy atom. The van der Waals surface area contributed by atoms with Gasteiger partial charge in [-0.3, -0.25) is 19.7 Å². The number of benzene rings is 3. The number of nitrogens with zero attached hydrogens (tertiary/aromatic N) is 2. The zero-order valence-electron chi connectivity index (χ0n) is 20.4. The Kier molecular flexibility index (Phi) is 6.45. The van der Waals surface area contributed by atoms with Crippen LogP contribution in [0.15, 0.2) is 60.7 Å². The average Bonchev–Trinajstić information content (AvgIpc) is 3.22. The summed E-state index contributed by atoms with van der Waals surface area (Å²) in [6.07, 6.45) is 1.47. The molecule has 2 aliphatic heterocycles. The van der Waals surface area contributed by atoms with E-state index in [0.717, 1.165) is 40.8 Å². The van der Waals surface area contributed by atoms with Crippen molar-refractivity contribution in [2.45, 2.75) is 26.3 Å². The third-order valence-electron chi connectivity index (χ3n) is 6.82. The van der Waals surface area contributed by atoms with Crippen molar-refractivity contribution in [3.8, 4) is 0 Å². The highest BCUT2D eigenvalue weighted by molar-refractivity contribution is 6.37. The van der Waals surface area contributed by atoms with E-state index in [1.54, 1.807) is 13.0 Å². The first-order valence-corrected chi connectivity index (χ1v) is 12.1. The minimum atomic E-state index is -0.469. The van der Waals surface area contributed by atoms with Gasteiger partial charge in [0.1, 0.15) is 0 Å². The molecule has 188 valence electrons. The largest absolute Gasteiger partial charge is 0.354 e. The third-order valence-corrected chi connectivity index (χ3v) is 6.82. The number of carbonyl (C=O) groups is 2. The molecule has 2 heterocycles. The van der Waals surface area contributed by atoms with Gasteiger partial charge in [-0.15, -0.1) is 0 Å². The second-order valence-corrected chi connectivity index (χ2v) is 9.23. The second kappa shape index (κ2) is 9.87. The molecule has 0 fully saturated rings. The number of carbonyl (C=O) groups excluding carboxylic acids is 2. The molecule has 2 amide bonds. The molecule has 0 radical (unpaired) electrons. The number of fused-ring (bicyclic) bond motifs is 2. The van der Waals surface area contributed by atoms with Crippen LogP contribution in [-0.2, 0) is 29.0 Å². The number of anilines is 2. The first kappa shape index (κ1) is 24.2. The average molecular weight is 498 g/mol. The van der Waals surface area contributed by atoms with Crippen molar-refractivity contribution in [3.63, 3.8) is 0 Å². The van der Waals surface area contributed by atoms with Crippen molar-refractivity contribution in [2.75, 3.05) is 23.7 Å². The summed E-state index contributed by atoms with van der Waals surface area (Å²) in [6.45, 7) is 3.33. The lowest BCUT2D eigenvalue weighted by Crippen LogP contribution is -2.34. The number of hydrogen-bond donors (Lipinski definition) is 3. The number of hydrogen-bond acceptors (Lipinski definition) is 6. The highest BCUT2D eigenvalue weighted by atomic mass is 16.6. The molecule has 0 atom stereocenters. The minimum Gasteiger partial charge on any atom is -0.354 e. The van der Waals surface area contributed by atoms with Gasteiger partial charge in [-0.25, -0.2) is 0 Å². The summed E-state index contributed by atoms with van der Waals surface area (Å²) in [7, 11) is 0. The van der Waals surface area contributed by atoms with Crippen LogP contribution >= 0.6 is 0 Å². The van der Waals surface area contributed by atoms with Crippen molar-refractivity contribution in [1.82, 2.24) is 4.90 Å². The van der Waals surface area contributed by atoms with Crippen LogP contribution in [0.25, 0.3) is 11.3 Å². The molecule has 0 bridgehead atoms. The van der Waals surface area contributed by atoms with Crippen LogP contribution in [0.2, 0.25) is 0 Å². The Hall–Kier alpha value is -4.50. The Bertz CT molecular complexity index is 1450. The highest BCUT2D eigenvalue weighted by Crippen LogP contribution is 2.39. The van der Waals surface area contributed by atoms with E-state index in [9.17, 15) is 19.7 Å². The van der Waals surface area contributed by atoms with Crippen LogP contribution in [0.4, 0.5) is 17.1 Å². The standard InChI is InChI=1S/C28H27N5O4/c1-17(34)32-13-11-20-14-22(7-6-21(20)16-32)30-27(19-4-2-18(3-5-19)10-12-29)26-24-15-23(33(36)37)8-9-25(24)31-28(26)35/h2-9,14-15,30H,10-13,16,29H2,1H3,(H,31,35)/b27-26-. The lowest BCUT2D eigenvalue weighted by Gasteiger charge is -2.28. The van der Waals surface area contributed by atoms with Crippen molar-refractivity contribution in [2.24, 2.45) is 5.73 Å². The summed E-state index contributed by atoms with van der Waals surface area (Å²) in [6, 6.07) is 18.1. The van der Waals surface area contributed by atoms with E-state index in [1.807, 2.05) is 47.4 Å². The van der Waals surface area contributed by atoms with Crippen LogP contribution in [0, 0.1) is 10.1 Å². The molecular formula is C28H27N5O4. The van der Waals surface area contributed by atoms with Crippen molar-refractivity contribution >= 4 is 40.1 Å². The van der Waals surface area contributed by atoms with Gasteiger partial charge >= 0.3 is 0 Å². The molecule has 0 unspecified atom stereocenters. The van der Waals surface area contributed by atoms with E-state index < -0.39 is 4.92 Å². The van der Waals surface area contributed by atoms with Gasteiger partial charge in [0.2, 0.25) is 5.91 Å². The maximum absolute atomic E-state index is 13.2. The van der Waals surface area contributed by atoms with Crippen molar-refractivity contribution < 1.29 is 14.5 Å². The number of nitrogens with two attached hydrogens (primary N) is 1. The summed E-state index contributed by atoms with van der Waals surface area (Å²) in [5, 5.41) is 17.7. The van der Waals surface area contributed by atoms with Crippen molar-refractivity contribution in [3.05, 3.63) is 98.6 Å². The Labute approximate surface area is 214 Å². The van der Waals surface area contributed by atoms with Crippen LogP contribution < -0.4 is 16.4 Å². The lowest BCUT2D eigenvalue weighted by atomic mass is 9.97. The Morgan fingerprint density at radius 3 is 2.59 bits per heavy atom. The van der Waals surface area contributed by atoms with Gasteiger partial charge in [-0.2, -0.15) is 0 Å². The molecule has 3 aromatic carbocycles. The number of nitro groups is 1. The summed E-state index contributed by atoms with van der Waals surface area (Å²) in [4.78, 5) is 37.8. The van der Waals surface area contributed by atoms with E-state index in [-0.39, 0.29) is 17.5 Å². The van der Waals surface area contributed by atoms with Crippen LogP contribution in [0.5, 0.6) is 0 Å². The van der Waals surface area contributed by atoms with E-state index in [2.05, 4.69) is 10.6 Å². The van der Waals surface area contributed by atoms with Gasteiger partial charge in [-0.05, 0) is 59.8 Å². The quantitative estimate of drug-likeness (QED) is 0.269. The molecule has 9 heteroatoms. The molecule has 2 aliphatic rings. The maximum Gasteiger partial charge on any atom is 0.270 e. The van der Waals surface area contributed by atoms with Crippen LogP contribution in [0.1, 0.15) is 34.7 Å². The van der Waals surface area contributed by atoms with Gasteiger partial charge in [-0.1, -0.05) is 30.3 Å². The molecule has 5 rings (SSSR count). The molecule has 9 nitrogen and oxygen atoms in total. The molecular weight excluding hydrogens is 470 g/mol. The first-order valence-electron chi connectivity index (χ1n) is 12.1. The van der Waals surface area contributed by atoms with E-state index in [4.69, 9.17) is 5.73 Å². The molecule has 3 aromatic rings. The second-order valence-electron chi connectivity index (χ2n) is 9.23. The fraction of sp³-hybridized carbons (Fsp3) is 0.214. The number of non-ortho nitro benzene ring substituents is 1. The van der Waals surface area contributed by atoms with Gasteiger partial charge in [0.05, 0.1) is 16.2 Å². The topological polar surface area (TPSA) is 131 Å². The Morgan fingerprint density at radius 1 is 1.11 bits per heavy atom. The summed E-state index contributed by atoms with van der Waals surface area (Å²) >= 11 is 0. The molecule has 0 saturated heterocycles. The summed E-state index contributed by atoms with van der Waals surface area (Å²) < 4.78 is 0. The smallest absolute Gasteiger partial charge is 0.270 e. The van der Waals surface area contributed by atoms with E-state index in [1.165, 1.54) is 12.1 Å². The van der Waals surface area contributed by atoms with Crippen molar-refractivity contribution in [1.29, 1.82) is 0 Å². The maximum atomic E-state index is 13.2. The fourth-order valence-electron chi connectivity index (χ4n) is 4.84. The van der Waals surface area contributed by atoms with Gasteiger partial charge in [0, 0.05) is 49.1 Å². The predicted octanol–water partition coefficient (Wildman–Crippen LogP) is 3.93. The first-order chi connectivity index (χ1) is 17.8. The van der Waals surface area contributed by atoms with E-state index >= 15 is 0 Å². The van der Waals surface area contributed by atoms with Gasteiger partial charge < -0.3 is 21.3 Å². The zero-order valence-corrected chi connectivity index (χ0v) is 20.4. The number of amides is 2. The molecule has 37 heavy (non-hydrogen) atoms. The van der Waals surface area contributed by atoms with E-state index in [0.29, 0.717) is 42.2 Å². The molecule has 0 spiro atoms. The number of rotatable bonds is 6. The van der Waals surface area contributed by atoms with Gasteiger partial charge in [0.15, 0.2) is 0 Å². The Balaban J connectivity index is 1.60. The zero-order chi connectivity index (χ0) is 26.1. The van der Waals surface area contributed by atoms with Crippen LogP contribution in [0.3, 0.4) is 0 Å². The number of nitro benzene ring substituents is 1. The molecule has 0 aromatic heterocycles. The molecule has 4 N–H and O–H groups in total. The highest BCUT2D eigenvalue weighted by Gasteiger charge is 2.30. The molecule has 0 saturated carbocycles. The monoisotopic (exact) mass is 497 g/mol. The SMILES string of the molecule is CC(=O)N1CCc2cc(N/C(=C3\C(=O)Nc4ccc([N+](=O)[O-])cc43)c3ccc(CCN)cc3)ccc2C1. The predicted molar refractivity (Wildman–Crippen MR) is 143 cm³/mol. The van der Waals surface area contributed by atoms with Crippen LogP contribution in [-0.4, -0.2) is 34.7 Å². The summed E-state index contributed by atoms with van der Waals surface area (Å²) in [5.41, 5.74) is 12.4. The number of nitrogens with one attached hydrogen (secondary N) is 2. The summed E-state index contributed by atoms with van der Waals surface area (Å²) in [5.74, 6) is -0.281. The normalized spacial score (nSPS) is 15.5. The minimum absolute atomic E-state index is 0.0537. The lowest BCUT2D eigenvalue weighted by molar-refractivity contribution is -0.384. The fourth-order valence-corrected chi connectivity index (χ4v) is 4.84. The van der Waals surface area contributed by atoms with Gasteiger partial charge in [0.25, 0.3) is 11.6 Å². The third kappa shape index (κ3) is 4.81. The molecule has 0 aliphatic carbocycles.